The highest BCUT2D eigenvalue weighted by Crippen LogP contribution is 2.07. The summed E-state index contributed by atoms with van der Waals surface area (Å²) < 4.78 is 25.3. The average Bonchev–Trinajstić information content (AvgIpc) is 2.51. The maximum absolute atomic E-state index is 11.9. The average molecular weight is 204 g/mol. The molecule has 1 amide bonds. The summed E-state index contributed by atoms with van der Waals surface area (Å²) in [5, 5.41) is 9.36. The van der Waals surface area contributed by atoms with Gasteiger partial charge in [-0.1, -0.05) is 0 Å². The van der Waals surface area contributed by atoms with E-state index in [9.17, 15) is 13.6 Å². The van der Waals surface area contributed by atoms with E-state index in [-0.39, 0.29) is 0 Å². The highest BCUT2D eigenvalue weighted by atomic mass is 19.3. The Balaban J connectivity index is 2.64. The summed E-state index contributed by atoms with van der Waals surface area (Å²) in [6, 6.07) is -0.580. The lowest BCUT2D eigenvalue weighted by Gasteiger charge is -2.11. The Bertz CT molecular complexity index is 325. The van der Waals surface area contributed by atoms with Crippen molar-refractivity contribution in [3.05, 3.63) is 12.2 Å². The van der Waals surface area contributed by atoms with E-state index in [1.165, 1.54) is 6.33 Å². The van der Waals surface area contributed by atoms with Crippen molar-refractivity contribution in [1.29, 1.82) is 0 Å². The smallest absolute Gasteiger partial charge is 0.315 e. The van der Waals surface area contributed by atoms with Crippen LogP contribution >= 0.6 is 0 Å². The van der Waals surface area contributed by atoms with Gasteiger partial charge in [0.05, 0.1) is 6.04 Å². The van der Waals surface area contributed by atoms with Crippen LogP contribution in [-0.2, 0) is 11.8 Å². The molecule has 1 aromatic rings. The molecule has 7 heteroatoms. The molecule has 0 spiro atoms. The molecule has 78 valence electrons. The summed E-state index contributed by atoms with van der Waals surface area (Å²) in [5.41, 5.74) is 0. The van der Waals surface area contributed by atoms with Crippen molar-refractivity contribution < 1.29 is 13.6 Å². The first-order valence-electron chi connectivity index (χ1n) is 3.94. The van der Waals surface area contributed by atoms with Crippen LogP contribution in [0, 0.1) is 0 Å². The molecule has 0 saturated carbocycles. The number of alkyl halides is 2. The maximum atomic E-state index is 11.9. The summed E-state index contributed by atoms with van der Waals surface area (Å²) in [5.74, 6) is -0.875. The highest BCUT2D eigenvalue weighted by molar-refractivity contribution is 5.79. The fourth-order valence-electron chi connectivity index (χ4n) is 1.03. The van der Waals surface area contributed by atoms with Gasteiger partial charge in [0.2, 0.25) is 0 Å². The Morgan fingerprint density at radius 3 is 2.71 bits per heavy atom. The monoisotopic (exact) mass is 204 g/mol. The largest absolute Gasteiger partial charge is 0.341 e. The second-order valence-electron chi connectivity index (χ2n) is 2.83. The van der Waals surface area contributed by atoms with Gasteiger partial charge in [-0.15, -0.1) is 10.2 Å². The molecule has 14 heavy (non-hydrogen) atoms. The predicted molar refractivity (Wildman–Crippen MR) is 43.6 cm³/mol. The highest BCUT2D eigenvalue weighted by Gasteiger charge is 2.20. The van der Waals surface area contributed by atoms with E-state index in [0.29, 0.717) is 5.82 Å². The Morgan fingerprint density at radius 2 is 2.29 bits per heavy atom. The summed E-state index contributed by atoms with van der Waals surface area (Å²) in [4.78, 5) is 10.6. The maximum Gasteiger partial charge on any atom is 0.315 e. The van der Waals surface area contributed by atoms with Crippen LogP contribution in [0.3, 0.4) is 0 Å². The molecule has 0 fully saturated rings. The Hall–Kier alpha value is -1.53. The van der Waals surface area contributed by atoms with Crippen LogP contribution in [0.15, 0.2) is 6.33 Å². The van der Waals surface area contributed by atoms with Gasteiger partial charge < -0.3 is 9.88 Å². The van der Waals surface area contributed by atoms with E-state index < -0.39 is 18.4 Å². The SMILES string of the molecule is CC(NC(=O)C(F)F)c1nncn1C. The molecular weight excluding hydrogens is 194 g/mol. The van der Waals surface area contributed by atoms with E-state index in [1.54, 1.807) is 18.5 Å². The van der Waals surface area contributed by atoms with Crippen molar-refractivity contribution in [2.24, 2.45) is 7.05 Å². The number of carbonyl (C=O) groups is 1. The molecular formula is C7H10F2N4O. The molecule has 0 aliphatic carbocycles. The van der Waals surface area contributed by atoms with Gasteiger partial charge in [-0.3, -0.25) is 4.79 Å². The number of nitrogens with zero attached hydrogens (tertiary/aromatic N) is 3. The van der Waals surface area contributed by atoms with E-state index in [1.807, 2.05) is 0 Å². The van der Waals surface area contributed by atoms with Crippen LogP contribution in [0.25, 0.3) is 0 Å². The van der Waals surface area contributed by atoms with Crippen molar-refractivity contribution in [2.45, 2.75) is 19.4 Å². The molecule has 1 unspecified atom stereocenters. The number of nitrogens with one attached hydrogen (secondary N) is 1. The molecule has 0 aliphatic heterocycles. The molecule has 0 radical (unpaired) electrons. The van der Waals surface area contributed by atoms with Gasteiger partial charge in [0.25, 0.3) is 5.91 Å². The quantitative estimate of drug-likeness (QED) is 0.768. The van der Waals surface area contributed by atoms with Crippen LogP contribution in [-0.4, -0.2) is 27.1 Å². The standard InChI is InChI=1S/C7H10F2N4O/c1-4(11-7(14)5(8)9)6-12-10-3-13(6)2/h3-5H,1-2H3,(H,11,14). The molecule has 1 heterocycles. The summed E-state index contributed by atoms with van der Waals surface area (Å²) in [6.07, 6.45) is -1.58. The summed E-state index contributed by atoms with van der Waals surface area (Å²) >= 11 is 0. The molecule has 1 aromatic heterocycles. The minimum absolute atomic E-state index is 0.430. The van der Waals surface area contributed by atoms with Crippen LogP contribution in [0.4, 0.5) is 8.78 Å². The van der Waals surface area contributed by atoms with E-state index in [0.717, 1.165) is 0 Å². The third-order valence-corrected chi connectivity index (χ3v) is 1.69. The van der Waals surface area contributed by atoms with Crippen LogP contribution < -0.4 is 5.32 Å². The predicted octanol–water partition coefficient (Wildman–Crippen LogP) is 0.257. The lowest BCUT2D eigenvalue weighted by molar-refractivity contribution is -0.132. The third kappa shape index (κ3) is 2.24. The van der Waals surface area contributed by atoms with Crippen molar-refractivity contribution in [1.82, 2.24) is 20.1 Å². The second-order valence-corrected chi connectivity index (χ2v) is 2.83. The van der Waals surface area contributed by atoms with Crippen LogP contribution in [0.5, 0.6) is 0 Å². The van der Waals surface area contributed by atoms with Crippen molar-refractivity contribution in [3.63, 3.8) is 0 Å². The van der Waals surface area contributed by atoms with Crippen molar-refractivity contribution in [3.8, 4) is 0 Å². The molecule has 0 aromatic carbocycles. The second kappa shape index (κ2) is 4.12. The number of carbonyl (C=O) groups excluding carboxylic acids is 1. The third-order valence-electron chi connectivity index (χ3n) is 1.69. The van der Waals surface area contributed by atoms with Gasteiger partial charge in [-0.05, 0) is 6.92 Å². The van der Waals surface area contributed by atoms with E-state index in [4.69, 9.17) is 0 Å². The molecule has 0 bridgehead atoms. The first-order valence-corrected chi connectivity index (χ1v) is 3.94. The van der Waals surface area contributed by atoms with Crippen molar-refractivity contribution in [2.75, 3.05) is 0 Å². The zero-order valence-corrected chi connectivity index (χ0v) is 7.74. The number of hydrogen-bond donors (Lipinski definition) is 1. The molecule has 1 atom stereocenters. The first-order chi connectivity index (χ1) is 6.52. The Kier molecular flexibility index (Phi) is 3.10. The minimum atomic E-state index is -3.01. The van der Waals surface area contributed by atoms with Gasteiger partial charge in [0.1, 0.15) is 6.33 Å². The Morgan fingerprint density at radius 1 is 1.64 bits per heavy atom. The first kappa shape index (κ1) is 10.6. The number of hydrogen-bond acceptors (Lipinski definition) is 3. The number of amides is 1. The topological polar surface area (TPSA) is 59.8 Å². The summed E-state index contributed by atoms with van der Waals surface area (Å²) in [7, 11) is 1.67. The Labute approximate surface area is 79.1 Å². The van der Waals surface area contributed by atoms with E-state index >= 15 is 0 Å². The van der Waals surface area contributed by atoms with Gasteiger partial charge in [-0.2, -0.15) is 8.78 Å². The molecule has 1 N–H and O–H groups in total. The van der Waals surface area contributed by atoms with Gasteiger partial charge >= 0.3 is 6.43 Å². The van der Waals surface area contributed by atoms with E-state index in [2.05, 4.69) is 15.5 Å². The normalized spacial score (nSPS) is 12.9. The molecule has 5 nitrogen and oxygen atoms in total. The van der Waals surface area contributed by atoms with Crippen LogP contribution in [0.2, 0.25) is 0 Å². The fraction of sp³-hybridized carbons (Fsp3) is 0.571. The molecule has 1 rings (SSSR count). The van der Waals surface area contributed by atoms with Gasteiger partial charge in [-0.25, -0.2) is 0 Å². The number of rotatable bonds is 3. The van der Waals surface area contributed by atoms with Gasteiger partial charge in [0, 0.05) is 7.05 Å². The number of halogens is 2. The molecule has 0 saturated heterocycles. The zero-order valence-electron chi connectivity index (χ0n) is 7.74. The summed E-state index contributed by atoms with van der Waals surface area (Å²) in [6.45, 7) is 1.56. The zero-order chi connectivity index (χ0) is 10.7. The van der Waals surface area contributed by atoms with Crippen molar-refractivity contribution >= 4 is 5.91 Å². The lowest BCUT2D eigenvalue weighted by atomic mass is 10.3. The minimum Gasteiger partial charge on any atom is -0.341 e. The van der Waals surface area contributed by atoms with Crippen LogP contribution in [0.1, 0.15) is 18.8 Å². The molecule has 0 aliphatic rings. The fourth-order valence-corrected chi connectivity index (χ4v) is 1.03. The van der Waals surface area contributed by atoms with Gasteiger partial charge in [0.15, 0.2) is 5.82 Å². The number of aryl methyl sites for hydroxylation is 1. The lowest BCUT2D eigenvalue weighted by Crippen LogP contribution is -2.33. The number of aromatic nitrogens is 3.